The minimum Gasteiger partial charge on any atom is -0.350 e. The van der Waals surface area contributed by atoms with E-state index in [2.05, 4.69) is 14.6 Å². The first-order chi connectivity index (χ1) is 13.3. The quantitative estimate of drug-likeness (QED) is 0.484. The predicted molar refractivity (Wildman–Crippen MR) is 105 cm³/mol. The van der Waals surface area contributed by atoms with E-state index in [0.29, 0.717) is 11.6 Å². The van der Waals surface area contributed by atoms with E-state index in [1.807, 2.05) is 25.2 Å². The topological polar surface area (TPSA) is 119 Å². The van der Waals surface area contributed by atoms with Crippen molar-refractivity contribution < 1.29 is 13.3 Å². The van der Waals surface area contributed by atoms with Crippen LogP contribution < -0.4 is 10.0 Å². The highest BCUT2D eigenvalue weighted by Crippen LogP contribution is 2.40. The number of nitro benzene ring substituents is 1. The van der Waals surface area contributed by atoms with Crippen LogP contribution in [-0.2, 0) is 17.1 Å². The summed E-state index contributed by atoms with van der Waals surface area (Å²) >= 11 is 0. The van der Waals surface area contributed by atoms with Crippen molar-refractivity contribution in [1.29, 1.82) is 0 Å². The van der Waals surface area contributed by atoms with Crippen molar-refractivity contribution in [2.24, 2.45) is 7.05 Å². The number of benzene rings is 2. The van der Waals surface area contributed by atoms with E-state index in [-0.39, 0.29) is 16.3 Å². The molecule has 1 saturated carbocycles. The van der Waals surface area contributed by atoms with Gasteiger partial charge in [-0.1, -0.05) is 0 Å². The van der Waals surface area contributed by atoms with E-state index < -0.39 is 14.9 Å². The molecule has 2 N–H and O–H groups in total. The Hall–Kier alpha value is -2.98. The number of imidazole rings is 1. The van der Waals surface area contributed by atoms with Gasteiger partial charge in [0.15, 0.2) is 0 Å². The van der Waals surface area contributed by atoms with Gasteiger partial charge in [-0.3, -0.25) is 10.1 Å². The normalized spacial score (nSPS) is 14.4. The largest absolute Gasteiger partial charge is 0.350 e. The monoisotopic (exact) mass is 401 g/mol. The van der Waals surface area contributed by atoms with Crippen LogP contribution in [0, 0.1) is 10.1 Å². The SMILES string of the molecule is CNS(=O)(=O)c1ccc(Nc2ccc3c(c2)nc(C2CC2)n3C)c([N+](=O)[O-])c1. The molecule has 0 radical (unpaired) electrons. The molecule has 10 heteroatoms. The number of anilines is 2. The van der Waals surface area contributed by atoms with Gasteiger partial charge in [0.25, 0.3) is 5.69 Å². The van der Waals surface area contributed by atoms with Gasteiger partial charge in [0.1, 0.15) is 11.5 Å². The third-order valence-corrected chi connectivity index (χ3v) is 6.29. The summed E-state index contributed by atoms with van der Waals surface area (Å²) < 4.78 is 28.1. The summed E-state index contributed by atoms with van der Waals surface area (Å²) in [6, 6.07) is 9.33. The molecule has 1 aromatic heterocycles. The van der Waals surface area contributed by atoms with E-state index in [0.717, 1.165) is 35.8 Å². The lowest BCUT2D eigenvalue weighted by Gasteiger charge is -2.09. The molecule has 2 aromatic carbocycles. The molecule has 0 amide bonds. The maximum Gasteiger partial charge on any atom is 0.294 e. The number of nitrogens with zero attached hydrogens (tertiary/aromatic N) is 3. The summed E-state index contributed by atoms with van der Waals surface area (Å²) in [7, 11) is -0.529. The minimum absolute atomic E-state index is 0.165. The molecule has 0 spiro atoms. The Balaban J connectivity index is 1.71. The second-order valence-electron chi connectivity index (χ2n) is 6.78. The molecule has 0 saturated heterocycles. The number of sulfonamides is 1. The van der Waals surface area contributed by atoms with Crippen LogP contribution in [0.25, 0.3) is 11.0 Å². The molecular formula is C18H19N5O4S. The molecule has 146 valence electrons. The third kappa shape index (κ3) is 3.20. The lowest BCUT2D eigenvalue weighted by molar-refractivity contribution is -0.384. The number of hydrogen-bond acceptors (Lipinski definition) is 6. The highest BCUT2D eigenvalue weighted by molar-refractivity contribution is 7.89. The Bertz CT molecular complexity index is 1200. The van der Waals surface area contributed by atoms with E-state index in [9.17, 15) is 18.5 Å². The molecular weight excluding hydrogens is 382 g/mol. The van der Waals surface area contributed by atoms with Gasteiger partial charge in [0.05, 0.1) is 20.9 Å². The van der Waals surface area contributed by atoms with Crippen molar-refractivity contribution in [2.75, 3.05) is 12.4 Å². The van der Waals surface area contributed by atoms with Crippen molar-refractivity contribution in [3.8, 4) is 0 Å². The third-order valence-electron chi connectivity index (χ3n) is 4.88. The Kier molecular flexibility index (Phi) is 4.31. The van der Waals surface area contributed by atoms with Gasteiger partial charge in [-0.05, 0) is 50.2 Å². The van der Waals surface area contributed by atoms with Crippen molar-refractivity contribution in [3.05, 3.63) is 52.3 Å². The summed E-state index contributed by atoms with van der Waals surface area (Å²) in [5.74, 6) is 1.57. The number of aryl methyl sites for hydroxylation is 1. The number of nitrogens with one attached hydrogen (secondary N) is 2. The second kappa shape index (κ2) is 6.57. The second-order valence-corrected chi connectivity index (χ2v) is 8.66. The molecule has 1 heterocycles. The van der Waals surface area contributed by atoms with Crippen LogP contribution in [0.3, 0.4) is 0 Å². The van der Waals surface area contributed by atoms with Crippen LogP contribution in [0.4, 0.5) is 17.1 Å². The number of fused-ring (bicyclic) bond motifs is 1. The van der Waals surface area contributed by atoms with Crippen LogP contribution in [0.5, 0.6) is 0 Å². The van der Waals surface area contributed by atoms with Crippen molar-refractivity contribution in [2.45, 2.75) is 23.7 Å². The molecule has 1 fully saturated rings. The molecule has 0 aliphatic heterocycles. The molecule has 0 unspecified atom stereocenters. The predicted octanol–water partition coefficient (Wildman–Crippen LogP) is 3.01. The van der Waals surface area contributed by atoms with Crippen LogP contribution in [0.2, 0.25) is 0 Å². The molecule has 1 aliphatic rings. The zero-order valence-electron chi connectivity index (χ0n) is 15.3. The minimum atomic E-state index is -3.77. The molecule has 9 nitrogen and oxygen atoms in total. The van der Waals surface area contributed by atoms with E-state index in [1.54, 1.807) is 0 Å². The first kappa shape index (κ1) is 18.4. The zero-order chi connectivity index (χ0) is 20.1. The van der Waals surface area contributed by atoms with Gasteiger partial charge in [-0.2, -0.15) is 0 Å². The fourth-order valence-corrected chi connectivity index (χ4v) is 3.96. The molecule has 0 atom stereocenters. The van der Waals surface area contributed by atoms with Gasteiger partial charge in [-0.15, -0.1) is 0 Å². The standard InChI is InChI=1S/C18H19N5O4S/c1-19-28(26,27)13-6-7-14(17(10-13)23(24)25)20-12-5-8-16-15(9-12)21-18(22(16)2)11-3-4-11/h5-11,19-20H,3-4H2,1-2H3. The van der Waals surface area contributed by atoms with Crippen LogP contribution >= 0.6 is 0 Å². The number of aromatic nitrogens is 2. The van der Waals surface area contributed by atoms with Crippen LogP contribution in [0.1, 0.15) is 24.6 Å². The van der Waals surface area contributed by atoms with Gasteiger partial charge in [0, 0.05) is 24.7 Å². The summed E-state index contributed by atoms with van der Waals surface area (Å²) in [4.78, 5) is 15.4. The van der Waals surface area contributed by atoms with Gasteiger partial charge in [-0.25, -0.2) is 18.1 Å². The fourth-order valence-electron chi connectivity index (χ4n) is 3.21. The van der Waals surface area contributed by atoms with Crippen LogP contribution in [-0.4, -0.2) is 29.9 Å². The Labute approximate surface area is 161 Å². The highest BCUT2D eigenvalue weighted by Gasteiger charge is 2.28. The lowest BCUT2D eigenvalue weighted by Crippen LogP contribution is -2.18. The van der Waals surface area contributed by atoms with E-state index >= 15 is 0 Å². The fraction of sp³-hybridized carbons (Fsp3) is 0.278. The van der Waals surface area contributed by atoms with Gasteiger partial charge >= 0.3 is 0 Å². The Morgan fingerprint density at radius 1 is 1.21 bits per heavy atom. The molecule has 3 aromatic rings. The maximum atomic E-state index is 11.9. The van der Waals surface area contributed by atoms with E-state index in [4.69, 9.17) is 4.98 Å². The maximum absolute atomic E-state index is 11.9. The average Bonchev–Trinajstić information content (AvgIpc) is 3.46. The summed E-state index contributed by atoms with van der Waals surface area (Å²) in [5, 5.41) is 14.5. The van der Waals surface area contributed by atoms with Crippen LogP contribution in [0.15, 0.2) is 41.3 Å². The molecule has 0 bridgehead atoms. The number of rotatable bonds is 6. The van der Waals surface area contributed by atoms with Crippen molar-refractivity contribution in [1.82, 2.24) is 14.3 Å². The summed E-state index contributed by atoms with van der Waals surface area (Å²) in [5.41, 5.74) is 2.33. The number of hydrogen-bond donors (Lipinski definition) is 2. The summed E-state index contributed by atoms with van der Waals surface area (Å²) in [6.45, 7) is 0. The van der Waals surface area contributed by atoms with Crippen molar-refractivity contribution >= 4 is 38.1 Å². The first-order valence-electron chi connectivity index (χ1n) is 8.75. The van der Waals surface area contributed by atoms with Gasteiger partial charge < -0.3 is 9.88 Å². The first-order valence-corrected chi connectivity index (χ1v) is 10.2. The highest BCUT2D eigenvalue weighted by atomic mass is 32.2. The summed E-state index contributed by atoms with van der Waals surface area (Å²) in [6.07, 6.45) is 2.30. The zero-order valence-corrected chi connectivity index (χ0v) is 16.2. The molecule has 1 aliphatic carbocycles. The average molecular weight is 401 g/mol. The smallest absolute Gasteiger partial charge is 0.294 e. The Morgan fingerprint density at radius 3 is 2.61 bits per heavy atom. The number of nitro groups is 1. The lowest BCUT2D eigenvalue weighted by atomic mass is 10.2. The molecule has 4 rings (SSSR count). The van der Waals surface area contributed by atoms with E-state index in [1.165, 1.54) is 19.2 Å². The van der Waals surface area contributed by atoms with Gasteiger partial charge in [0.2, 0.25) is 10.0 Å². The molecule has 28 heavy (non-hydrogen) atoms. The van der Waals surface area contributed by atoms with Crippen molar-refractivity contribution in [3.63, 3.8) is 0 Å². The Morgan fingerprint density at radius 2 is 1.96 bits per heavy atom.